The van der Waals surface area contributed by atoms with Gasteiger partial charge in [0.25, 0.3) is 0 Å². The van der Waals surface area contributed by atoms with Crippen LogP contribution in [0.5, 0.6) is 5.75 Å². The largest absolute Gasteiger partial charge is 0.490 e. The van der Waals surface area contributed by atoms with Crippen LogP contribution in [0.25, 0.3) is 0 Å². The molecule has 3 rings (SSSR count). The number of methoxy groups -OCH3 is 1. The summed E-state index contributed by atoms with van der Waals surface area (Å²) in [6.07, 6.45) is 8.07. The highest BCUT2D eigenvalue weighted by Gasteiger charge is 2.42. The second-order valence-electron chi connectivity index (χ2n) is 5.88. The molecular weight excluding hydrogens is 252 g/mol. The van der Waals surface area contributed by atoms with Crippen molar-refractivity contribution in [1.29, 1.82) is 0 Å². The standard InChI is InChI=1S/C15H24N4O/c1-3-8-16-14-13(20-2)15(18-9-17-14)19-12(10-4-5-10)11-6-7-11/h9-12H,3-8H2,1-2H3,(H2,16,17,18,19). The van der Waals surface area contributed by atoms with Gasteiger partial charge in [0.05, 0.1) is 7.11 Å². The SMILES string of the molecule is CCCNc1ncnc(NC(C2CC2)C2CC2)c1OC. The lowest BCUT2D eigenvalue weighted by molar-refractivity contribution is 0.413. The zero-order valence-electron chi connectivity index (χ0n) is 12.4. The molecule has 0 spiro atoms. The van der Waals surface area contributed by atoms with Crippen LogP contribution in [0.3, 0.4) is 0 Å². The van der Waals surface area contributed by atoms with Crippen LogP contribution in [0, 0.1) is 11.8 Å². The Morgan fingerprint density at radius 2 is 1.85 bits per heavy atom. The molecule has 2 aliphatic carbocycles. The van der Waals surface area contributed by atoms with Crippen molar-refractivity contribution in [2.45, 2.75) is 45.1 Å². The molecule has 0 atom stereocenters. The van der Waals surface area contributed by atoms with Crippen LogP contribution >= 0.6 is 0 Å². The lowest BCUT2D eigenvalue weighted by Gasteiger charge is -2.20. The zero-order valence-corrected chi connectivity index (χ0v) is 12.4. The Balaban J connectivity index is 1.76. The topological polar surface area (TPSA) is 59.1 Å². The fourth-order valence-corrected chi connectivity index (χ4v) is 2.73. The molecule has 0 aromatic carbocycles. The molecule has 0 amide bonds. The van der Waals surface area contributed by atoms with Gasteiger partial charge in [-0.1, -0.05) is 6.92 Å². The summed E-state index contributed by atoms with van der Waals surface area (Å²) in [6, 6.07) is 0.567. The number of nitrogens with zero attached hydrogens (tertiary/aromatic N) is 2. The van der Waals surface area contributed by atoms with E-state index in [9.17, 15) is 0 Å². The van der Waals surface area contributed by atoms with E-state index in [2.05, 4.69) is 27.5 Å². The van der Waals surface area contributed by atoms with Gasteiger partial charge in [-0.15, -0.1) is 0 Å². The van der Waals surface area contributed by atoms with Gasteiger partial charge in [-0.25, -0.2) is 9.97 Å². The molecule has 2 N–H and O–H groups in total. The summed E-state index contributed by atoms with van der Waals surface area (Å²) in [5, 5.41) is 6.92. The number of nitrogens with one attached hydrogen (secondary N) is 2. The van der Waals surface area contributed by atoms with Crippen LogP contribution in [0.1, 0.15) is 39.0 Å². The van der Waals surface area contributed by atoms with Crippen molar-refractivity contribution in [2.75, 3.05) is 24.3 Å². The lowest BCUT2D eigenvalue weighted by Crippen LogP contribution is -2.25. The van der Waals surface area contributed by atoms with E-state index in [0.29, 0.717) is 6.04 Å². The molecule has 5 nitrogen and oxygen atoms in total. The summed E-state index contributed by atoms with van der Waals surface area (Å²) >= 11 is 0. The number of hydrogen-bond acceptors (Lipinski definition) is 5. The normalized spacial score (nSPS) is 18.1. The molecule has 5 heteroatoms. The molecule has 0 bridgehead atoms. The number of hydrogen-bond donors (Lipinski definition) is 2. The summed E-state index contributed by atoms with van der Waals surface area (Å²) in [5.41, 5.74) is 0. The fraction of sp³-hybridized carbons (Fsp3) is 0.733. The Kier molecular flexibility index (Phi) is 3.94. The van der Waals surface area contributed by atoms with Crippen LogP contribution in [-0.2, 0) is 0 Å². The number of rotatable bonds is 8. The fourth-order valence-electron chi connectivity index (χ4n) is 2.73. The molecular formula is C15H24N4O. The van der Waals surface area contributed by atoms with Gasteiger partial charge in [-0.2, -0.15) is 0 Å². The van der Waals surface area contributed by atoms with Crippen LogP contribution < -0.4 is 15.4 Å². The second kappa shape index (κ2) is 5.85. The minimum atomic E-state index is 0.567. The van der Waals surface area contributed by atoms with E-state index in [-0.39, 0.29) is 0 Å². The third-order valence-electron chi connectivity index (χ3n) is 4.11. The van der Waals surface area contributed by atoms with Crippen molar-refractivity contribution in [3.63, 3.8) is 0 Å². The maximum atomic E-state index is 5.52. The van der Waals surface area contributed by atoms with E-state index < -0.39 is 0 Å². The Morgan fingerprint density at radius 1 is 1.20 bits per heavy atom. The molecule has 0 aliphatic heterocycles. The van der Waals surface area contributed by atoms with Crippen molar-refractivity contribution < 1.29 is 4.74 Å². The highest BCUT2D eigenvalue weighted by atomic mass is 16.5. The van der Waals surface area contributed by atoms with Gasteiger partial charge < -0.3 is 15.4 Å². The van der Waals surface area contributed by atoms with Crippen LogP contribution in [0.2, 0.25) is 0 Å². The minimum absolute atomic E-state index is 0.567. The first-order valence-corrected chi connectivity index (χ1v) is 7.72. The van der Waals surface area contributed by atoms with E-state index in [1.807, 2.05) is 0 Å². The van der Waals surface area contributed by atoms with Gasteiger partial charge >= 0.3 is 0 Å². The van der Waals surface area contributed by atoms with Crippen molar-refractivity contribution in [1.82, 2.24) is 9.97 Å². The number of aromatic nitrogens is 2. The quantitative estimate of drug-likeness (QED) is 0.764. The molecule has 1 heterocycles. The average molecular weight is 276 g/mol. The summed E-state index contributed by atoms with van der Waals surface area (Å²) in [6.45, 7) is 3.03. The molecule has 1 aromatic rings. The summed E-state index contributed by atoms with van der Waals surface area (Å²) in [5.74, 6) is 4.03. The average Bonchev–Trinajstić information content (AvgIpc) is 3.35. The van der Waals surface area contributed by atoms with Gasteiger partial charge in [0, 0.05) is 12.6 Å². The Bertz CT molecular complexity index is 445. The van der Waals surface area contributed by atoms with Crippen LogP contribution in [0.4, 0.5) is 11.6 Å². The van der Waals surface area contributed by atoms with Gasteiger partial charge in [-0.05, 0) is 43.9 Å². The first kappa shape index (κ1) is 13.5. The summed E-state index contributed by atoms with van der Waals surface area (Å²) in [7, 11) is 1.68. The Morgan fingerprint density at radius 3 is 2.40 bits per heavy atom. The Labute approximate surface area is 120 Å². The van der Waals surface area contributed by atoms with Crippen molar-refractivity contribution in [3.8, 4) is 5.75 Å². The number of anilines is 2. The molecule has 0 saturated heterocycles. The molecule has 2 aliphatic rings. The van der Waals surface area contributed by atoms with E-state index >= 15 is 0 Å². The maximum Gasteiger partial charge on any atom is 0.204 e. The summed E-state index contributed by atoms with van der Waals surface area (Å²) in [4.78, 5) is 8.68. The molecule has 2 fully saturated rings. The molecule has 0 radical (unpaired) electrons. The number of ether oxygens (including phenoxy) is 1. The zero-order chi connectivity index (χ0) is 13.9. The highest BCUT2D eigenvalue weighted by Crippen LogP contribution is 2.46. The molecule has 2 saturated carbocycles. The molecule has 1 aromatic heterocycles. The Hall–Kier alpha value is -1.52. The van der Waals surface area contributed by atoms with Crippen LogP contribution in [0.15, 0.2) is 6.33 Å². The second-order valence-corrected chi connectivity index (χ2v) is 5.88. The predicted molar refractivity (Wildman–Crippen MR) is 80.2 cm³/mol. The van der Waals surface area contributed by atoms with E-state index in [1.54, 1.807) is 13.4 Å². The molecule has 110 valence electrons. The van der Waals surface area contributed by atoms with Gasteiger partial charge in [-0.3, -0.25) is 0 Å². The third kappa shape index (κ3) is 2.97. The van der Waals surface area contributed by atoms with Gasteiger partial charge in [0.15, 0.2) is 11.6 Å². The van der Waals surface area contributed by atoms with Crippen molar-refractivity contribution in [3.05, 3.63) is 6.33 Å². The predicted octanol–water partition coefficient (Wildman–Crippen LogP) is 2.91. The summed E-state index contributed by atoms with van der Waals surface area (Å²) < 4.78 is 5.52. The monoisotopic (exact) mass is 276 g/mol. The van der Waals surface area contributed by atoms with Crippen molar-refractivity contribution in [2.24, 2.45) is 11.8 Å². The highest BCUT2D eigenvalue weighted by molar-refractivity contribution is 5.64. The third-order valence-corrected chi connectivity index (χ3v) is 4.11. The molecule has 0 unspecified atom stereocenters. The van der Waals surface area contributed by atoms with Gasteiger partial charge in [0.2, 0.25) is 5.75 Å². The van der Waals surface area contributed by atoms with E-state index in [4.69, 9.17) is 4.74 Å². The van der Waals surface area contributed by atoms with Crippen LogP contribution in [-0.4, -0.2) is 29.7 Å². The van der Waals surface area contributed by atoms with Gasteiger partial charge in [0.1, 0.15) is 6.33 Å². The van der Waals surface area contributed by atoms with E-state index in [0.717, 1.165) is 42.2 Å². The first-order valence-electron chi connectivity index (χ1n) is 7.72. The first-order chi connectivity index (χ1) is 9.83. The smallest absolute Gasteiger partial charge is 0.204 e. The van der Waals surface area contributed by atoms with E-state index in [1.165, 1.54) is 25.7 Å². The lowest BCUT2D eigenvalue weighted by atomic mass is 10.1. The van der Waals surface area contributed by atoms with Crippen molar-refractivity contribution >= 4 is 11.6 Å². The maximum absolute atomic E-state index is 5.52. The molecule has 20 heavy (non-hydrogen) atoms. The minimum Gasteiger partial charge on any atom is -0.490 e.